The molecule has 2 atom stereocenters. The average Bonchev–Trinajstić information content (AvgIpc) is 1.98. The second-order valence-electron chi connectivity index (χ2n) is 4.22. The molecule has 0 heterocycles. The van der Waals surface area contributed by atoms with E-state index in [2.05, 4.69) is 36.4 Å². The van der Waals surface area contributed by atoms with Gasteiger partial charge in [-0.1, -0.05) is 41.9 Å². The summed E-state index contributed by atoms with van der Waals surface area (Å²) >= 11 is 3.67. The van der Waals surface area contributed by atoms with Gasteiger partial charge in [-0.2, -0.15) is 0 Å². The molecule has 0 aliphatic heterocycles. The largest absolute Gasteiger partial charge is 0.396 e. The quantitative estimate of drug-likeness (QED) is 0.545. The number of alkyl halides is 1. The van der Waals surface area contributed by atoms with Gasteiger partial charge in [-0.25, -0.2) is 0 Å². The Morgan fingerprint density at radius 1 is 1.67 bits per heavy atom. The maximum atomic E-state index is 9.23. The lowest BCUT2D eigenvalue weighted by atomic mass is 9.67. The molecule has 1 N–H and O–H groups in total. The number of halogens is 1. The lowest BCUT2D eigenvalue weighted by Gasteiger charge is -2.43. The minimum Gasteiger partial charge on any atom is -0.396 e. The first kappa shape index (κ1) is 10.3. The minimum absolute atomic E-state index is 0.143. The van der Waals surface area contributed by atoms with Crippen molar-refractivity contribution in [3.05, 3.63) is 12.2 Å². The van der Waals surface area contributed by atoms with Crippen LogP contribution in [-0.2, 0) is 0 Å². The topological polar surface area (TPSA) is 20.2 Å². The second kappa shape index (κ2) is 3.51. The molecular formula is C10H17BrO. The Balaban J connectivity index is 2.83. The summed E-state index contributed by atoms with van der Waals surface area (Å²) in [6.45, 7) is 8.63. The standard InChI is InChI=1S/C10H17BrO/c1-7-4-5-9(11)10(2,3)8(7)6-12/h8-9,12H,1,4-6H2,2-3H3/t8-,9+/m1/s1. The highest BCUT2D eigenvalue weighted by molar-refractivity contribution is 9.09. The van der Waals surface area contributed by atoms with Crippen molar-refractivity contribution in [3.63, 3.8) is 0 Å². The normalized spacial score (nSPS) is 35.2. The van der Waals surface area contributed by atoms with E-state index in [1.54, 1.807) is 0 Å². The van der Waals surface area contributed by atoms with Crippen LogP contribution in [0.25, 0.3) is 0 Å². The van der Waals surface area contributed by atoms with Crippen molar-refractivity contribution >= 4 is 15.9 Å². The number of rotatable bonds is 1. The van der Waals surface area contributed by atoms with Crippen molar-refractivity contribution in [1.29, 1.82) is 0 Å². The first-order chi connectivity index (χ1) is 5.50. The SMILES string of the molecule is C=C1CC[C@H](Br)C(C)(C)[C@@H]1CO. The molecule has 0 aromatic rings. The van der Waals surface area contributed by atoms with E-state index in [-0.39, 0.29) is 17.9 Å². The molecule has 0 spiro atoms. The van der Waals surface area contributed by atoms with E-state index in [4.69, 9.17) is 0 Å². The Labute approximate surface area is 83.0 Å². The smallest absolute Gasteiger partial charge is 0.0501 e. The molecule has 1 aliphatic carbocycles. The Morgan fingerprint density at radius 3 is 2.67 bits per heavy atom. The average molecular weight is 233 g/mol. The molecule has 0 amide bonds. The van der Waals surface area contributed by atoms with Crippen LogP contribution in [0.4, 0.5) is 0 Å². The fourth-order valence-electron chi connectivity index (χ4n) is 1.97. The summed E-state index contributed by atoms with van der Waals surface area (Å²) < 4.78 is 0. The second-order valence-corrected chi connectivity index (χ2v) is 5.33. The molecule has 0 bridgehead atoms. The van der Waals surface area contributed by atoms with E-state index in [0.29, 0.717) is 4.83 Å². The van der Waals surface area contributed by atoms with Gasteiger partial charge in [0.25, 0.3) is 0 Å². The summed E-state index contributed by atoms with van der Waals surface area (Å²) in [6.07, 6.45) is 2.19. The van der Waals surface area contributed by atoms with Crippen molar-refractivity contribution in [2.45, 2.75) is 31.5 Å². The van der Waals surface area contributed by atoms with Crippen molar-refractivity contribution in [2.24, 2.45) is 11.3 Å². The number of aliphatic hydroxyl groups excluding tert-OH is 1. The van der Waals surface area contributed by atoms with Crippen LogP contribution in [0.1, 0.15) is 26.7 Å². The van der Waals surface area contributed by atoms with E-state index in [1.807, 2.05) is 0 Å². The van der Waals surface area contributed by atoms with Crippen LogP contribution in [0, 0.1) is 11.3 Å². The summed E-state index contributed by atoms with van der Waals surface area (Å²) in [5.74, 6) is 0.260. The third kappa shape index (κ3) is 1.60. The predicted molar refractivity (Wildman–Crippen MR) is 55.4 cm³/mol. The monoisotopic (exact) mass is 232 g/mol. The predicted octanol–water partition coefficient (Wildman–Crippen LogP) is 2.73. The maximum absolute atomic E-state index is 9.23. The highest BCUT2D eigenvalue weighted by Gasteiger charge is 2.40. The highest BCUT2D eigenvalue weighted by Crippen LogP contribution is 2.46. The van der Waals surface area contributed by atoms with Crippen LogP contribution in [0.3, 0.4) is 0 Å². The van der Waals surface area contributed by atoms with Gasteiger partial charge in [0.2, 0.25) is 0 Å². The third-order valence-corrected chi connectivity index (χ3v) is 4.74. The van der Waals surface area contributed by atoms with Crippen LogP contribution in [0.15, 0.2) is 12.2 Å². The Hall–Kier alpha value is 0.180. The van der Waals surface area contributed by atoms with Crippen LogP contribution in [0.2, 0.25) is 0 Å². The van der Waals surface area contributed by atoms with Gasteiger partial charge >= 0.3 is 0 Å². The van der Waals surface area contributed by atoms with Crippen molar-refractivity contribution in [2.75, 3.05) is 6.61 Å². The number of aliphatic hydroxyl groups is 1. The zero-order valence-corrected chi connectivity index (χ0v) is 9.39. The molecule has 0 aromatic carbocycles. The summed E-state index contributed by atoms with van der Waals surface area (Å²) in [5.41, 5.74) is 1.35. The lowest BCUT2D eigenvalue weighted by molar-refractivity contribution is 0.122. The fourth-order valence-corrected chi connectivity index (χ4v) is 2.52. The van der Waals surface area contributed by atoms with Crippen molar-refractivity contribution in [3.8, 4) is 0 Å². The molecule has 2 heteroatoms. The molecule has 0 aromatic heterocycles. The Morgan fingerprint density at radius 2 is 2.25 bits per heavy atom. The van der Waals surface area contributed by atoms with Gasteiger partial charge in [0.1, 0.15) is 0 Å². The Kier molecular flexibility index (Phi) is 3.00. The minimum atomic E-state index is 0.143. The molecular weight excluding hydrogens is 216 g/mol. The van der Waals surface area contributed by atoms with Crippen LogP contribution in [-0.4, -0.2) is 16.5 Å². The molecule has 0 saturated heterocycles. The highest BCUT2D eigenvalue weighted by atomic mass is 79.9. The molecule has 12 heavy (non-hydrogen) atoms. The Bertz CT molecular complexity index is 186. The summed E-state index contributed by atoms with van der Waals surface area (Å²) in [5, 5.41) is 9.23. The van der Waals surface area contributed by atoms with Gasteiger partial charge in [0.15, 0.2) is 0 Å². The van der Waals surface area contributed by atoms with Crippen LogP contribution >= 0.6 is 15.9 Å². The van der Waals surface area contributed by atoms with Crippen LogP contribution in [0.5, 0.6) is 0 Å². The molecule has 0 unspecified atom stereocenters. The molecule has 1 rings (SSSR count). The number of hydrogen-bond donors (Lipinski definition) is 1. The van der Waals surface area contributed by atoms with Gasteiger partial charge in [0, 0.05) is 10.7 Å². The summed E-state index contributed by atoms with van der Waals surface area (Å²) in [7, 11) is 0. The molecule has 1 aliphatic rings. The zero-order chi connectivity index (χ0) is 9.35. The van der Waals surface area contributed by atoms with Crippen LogP contribution < -0.4 is 0 Å². The van der Waals surface area contributed by atoms with Crippen molar-refractivity contribution < 1.29 is 5.11 Å². The molecule has 1 saturated carbocycles. The first-order valence-corrected chi connectivity index (χ1v) is 5.34. The van der Waals surface area contributed by atoms with Gasteiger partial charge in [-0.05, 0) is 18.3 Å². The molecule has 1 nitrogen and oxygen atoms in total. The van der Waals surface area contributed by atoms with Gasteiger partial charge in [-0.3, -0.25) is 0 Å². The van der Waals surface area contributed by atoms with Gasteiger partial charge < -0.3 is 5.11 Å². The van der Waals surface area contributed by atoms with E-state index >= 15 is 0 Å². The fraction of sp³-hybridized carbons (Fsp3) is 0.800. The van der Waals surface area contributed by atoms with E-state index in [1.165, 1.54) is 5.57 Å². The lowest BCUT2D eigenvalue weighted by Crippen LogP contribution is -2.39. The van der Waals surface area contributed by atoms with Gasteiger partial charge in [-0.15, -0.1) is 0 Å². The van der Waals surface area contributed by atoms with E-state index in [9.17, 15) is 5.11 Å². The zero-order valence-electron chi connectivity index (χ0n) is 7.81. The molecule has 0 radical (unpaired) electrons. The number of hydrogen-bond acceptors (Lipinski definition) is 1. The molecule has 1 fully saturated rings. The van der Waals surface area contributed by atoms with Crippen molar-refractivity contribution in [1.82, 2.24) is 0 Å². The first-order valence-electron chi connectivity index (χ1n) is 4.42. The maximum Gasteiger partial charge on any atom is 0.0501 e. The summed E-state index contributed by atoms with van der Waals surface area (Å²) in [6, 6.07) is 0. The molecule has 70 valence electrons. The van der Waals surface area contributed by atoms with E-state index < -0.39 is 0 Å². The van der Waals surface area contributed by atoms with Gasteiger partial charge in [0.05, 0.1) is 6.61 Å². The summed E-state index contributed by atoms with van der Waals surface area (Å²) in [4.78, 5) is 0.507. The third-order valence-electron chi connectivity index (χ3n) is 3.10. The van der Waals surface area contributed by atoms with E-state index in [0.717, 1.165) is 12.8 Å².